The second-order valence-corrected chi connectivity index (χ2v) is 8.74. The van der Waals surface area contributed by atoms with E-state index in [1.54, 1.807) is 13.2 Å². The molecular weight excluding hydrogens is 438 g/mol. The van der Waals surface area contributed by atoms with Gasteiger partial charge in [-0.3, -0.25) is 9.78 Å². The van der Waals surface area contributed by atoms with Crippen LogP contribution < -0.4 is 15.4 Å². The summed E-state index contributed by atoms with van der Waals surface area (Å²) in [5.74, 6) is 0.674. The van der Waals surface area contributed by atoms with Crippen molar-refractivity contribution < 1.29 is 13.9 Å². The second kappa shape index (κ2) is 9.32. The molecule has 0 saturated heterocycles. The van der Waals surface area contributed by atoms with E-state index in [2.05, 4.69) is 10.6 Å². The number of hydrogen-bond donors (Lipinski definition) is 2. The maximum Gasteiger partial charge on any atom is 0.287 e. The number of anilines is 1. The lowest BCUT2D eigenvalue weighted by atomic mass is 9.92. The van der Waals surface area contributed by atoms with Crippen molar-refractivity contribution in [1.82, 2.24) is 10.3 Å². The number of fused-ring (bicyclic) bond motifs is 3. The first kappa shape index (κ1) is 21.6. The number of amides is 1. The van der Waals surface area contributed by atoms with E-state index in [1.165, 1.54) is 24.1 Å². The van der Waals surface area contributed by atoms with Crippen LogP contribution in [0.3, 0.4) is 0 Å². The second-order valence-electron chi connectivity index (χ2n) is 8.31. The van der Waals surface area contributed by atoms with E-state index in [9.17, 15) is 4.79 Å². The molecule has 5 rings (SSSR count). The number of benzene rings is 2. The Labute approximate surface area is 197 Å². The van der Waals surface area contributed by atoms with Gasteiger partial charge < -0.3 is 19.8 Å². The maximum absolute atomic E-state index is 12.6. The highest BCUT2D eigenvalue weighted by atomic mass is 35.5. The summed E-state index contributed by atoms with van der Waals surface area (Å²) in [5.41, 5.74) is 5.16. The zero-order valence-corrected chi connectivity index (χ0v) is 19.3. The normalized spacial score (nSPS) is 13.2. The topological polar surface area (TPSA) is 76.4 Å². The summed E-state index contributed by atoms with van der Waals surface area (Å²) < 4.78 is 11.0. The number of rotatable bonds is 7. The van der Waals surface area contributed by atoms with Gasteiger partial charge >= 0.3 is 0 Å². The molecule has 2 aromatic carbocycles. The molecule has 33 heavy (non-hydrogen) atoms. The number of carbonyl (C=O) groups excluding carboxylic acids is 1. The molecule has 1 amide bonds. The van der Waals surface area contributed by atoms with E-state index < -0.39 is 0 Å². The molecule has 6 nitrogen and oxygen atoms in total. The molecule has 0 saturated carbocycles. The molecule has 2 N–H and O–H groups in total. The quantitative estimate of drug-likeness (QED) is 0.341. The smallest absolute Gasteiger partial charge is 0.287 e. The van der Waals surface area contributed by atoms with Gasteiger partial charge in [0.25, 0.3) is 5.91 Å². The number of methoxy groups -OCH3 is 1. The Morgan fingerprint density at radius 1 is 1.15 bits per heavy atom. The predicted octanol–water partition coefficient (Wildman–Crippen LogP) is 5.75. The third-order valence-electron chi connectivity index (χ3n) is 6.12. The SMILES string of the molecule is COc1cccc2cc(C(=O)NCCCNc3c4c(nc5cc(Cl)ccc35)CCCC4)oc12. The van der Waals surface area contributed by atoms with E-state index >= 15 is 0 Å². The summed E-state index contributed by atoms with van der Waals surface area (Å²) in [4.78, 5) is 17.4. The number of pyridine rings is 1. The van der Waals surface area contributed by atoms with Crippen molar-refractivity contribution in [3.05, 3.63) is 64.5 Å². The Morgan fingerprint density at radius 3 is 2.91 bits per heavy atom. The molecule has 1 aliphatic rings. The van der Waals surface area contributed by atoms with Crippen molar-refractivity contribution in [2.75, 3.05) is 25.5 Å². The third-order valence-corrected chi connectivity index (χ3v) is 6.35. The Kier molecular flexibility index (Phi) is 6.09. The van der Waals surface area contributed by atoms with Crippen LogP contribution in [0.1, 0.15) is 41.1 Å². The lowest BCUT2D eigenvalue weighted by Crippen LogP contribution is -2.25. The molecule has 0 unspecified atom stereocenters. The number of hydrogen-bond acceptors (Lipinski definition) is 5. The summed E-state index contributed by atoms with van der Waals surface area (Å²) in [7, 11) is 1.59. The first-order valence-corrected chi connectivity index (χ1v) is 11.7. The fourth-order valence-electron chi connectivity index (χ4n) is 4.50. The van der Waals surface area contributed by atoms with E-state index in [-0.39, 0.29) is 11.7 Å². The van der Waals surface area contributed by atoms with Gasteiger partial charge in [-0.2, -0.15) is 0 Å². The maximum atomic E-state index is 12.6. The van der Waals surface area contributed by atoms with Crippen LogP contribution in [0.25, 0.3) is 21.9 Å². The first-order valence-electron chi connectivity index (χ1n) is 11.3. The summed E-state index contributed by atoms with van der Waals surface area (Å²) >= 11 is 6.21. The average Bonchev–Trinajstić information content (AvgIpc) is 3.27. The highest BCUT2D eigenvalue weighted by molar-refractivity contribution is 6.31. The van der Waals surface area contributed by atoms with Crippen LogP contribution in [0.4, 0.5) is 5.69 Å². The summed E-state index contributed by atoms with van der Waals surface area (Å²) in [6.45, 7) is 1.28. The van der Waals surface area contributed by atoms with Crippen molar-refractivity contribution in [2.45, 2.75) is 32.1 Å². The number of aromatic nitrogens is 1. The molecule has 7 heteroatoms. The van der Waals surface area contributed by atoms with Gasteiger partial charge in [-0.15, -0.1) is 0 Å². The first-order chi connectivity index (χ1) is 16.1. The number of halogens is 1. The third kappa shape index (κ3) is 4.35. The summed E-state index contributed by atoms with van der Waals surface area (Å²) in [5, 5.41) is 9.20. The predicted molar refractivity (Wildman–Crippen MR) is 132 cm³/mol. The molecule has 1 aliphatic carbocycles. The van der Waals surface area contributed by atoms with E-state index in [0.717, 1.165) is 47.8 Å². The highest BCUT2D eigenvalue weighted by Gasteiger charge is 2.18. The fourth-order valence-corrected chi connectivity index (χ4v) is 4.67. The van der Waals surface area contributed by atoms with E-state index in [4.69, 9.17) is 25.7 Å². The minimum Gasteiger partial charge on any atom is -0.493 e. The minimum atomic E-state index is -0.227. The number of furan rings is 1. The summed E-state index contributed by atoms with van der Waals surface area (Å²) in [6.07, 6.45) is 5.17. The molecule has 4 aromatic rings. The number of nitrogens with zero attached hydrogens (tertiary/aromatic N) is 1. The molecule has 170 valence electrons. The molecule has 0 fully saturated rings. The molecule has 0 spiro atoms. The number of ether oxygens (including phenoxy) is 1. The van der Waals surface area contributed by atoms with Crippen LogP contribution in [0, 0.1) is 0 Å². The van der Waals surface area contributed by atoms with Crippen LogP contribution in [-0.2, 0) is 12.8 Å². The fraction of sp³-hybridized carbons (Fsp3) is 0.308. The molecule has 0 bridgehead atoms. The molecule has 2 heterocycles. The minimum absolute atomic E-state index is 0.227. The number of para-hydroxylation sites is 1. The molecule has 0 radical (unpaired) electrons. The van der Waals surface area contributed by atoms with Crippen molar-refractivity contribution in [2.24, 2.45) is 0 Å². The lowest BCUT2D eigenvalue weighted by Gasteiger charge is -2.22. The summed E-state index contributed by atoms with van der Waals surface area (Å²) in [6, 6.07) is 13.2. The van der Waals surface area contributed by atoms with Gasteiger partial charge in [-0.1, -0.05) is 23.7 Å². The van der Waals surface area contributed by atoms with Crippen LogP contribution in [-0.4, -0.2) is 31.1 Å². The Hall–Kier alpha value is -3.25. The average molecular weight is 464 g/mol. The molecule has 0 aliphatic heterocycles. The highest BCUT2D eigenvalue weighted by Crippen LogP contribution is 2.34. The zero-order valence-electron chi connectivity index (χ0n) is 18.5. The van der Waals surface area contributed by atoms with Gasteiger partial charge in [0.1, 0.15) is 0 Å². The lowest BCUT2D eigenvalue weighted by molar-refractivity contribution is 0.0928. The van der Waals surface area contributed by atoms with E-state index in [0.29, 0.717) is 22.9 Å². The van der Waals surface area contributed by atoms with Crippen molar-refractivity contribution >= 4 is 45.1 Å². The monoisotopic (exact) mass is 463 g/mol. The largest absolute Gasteiger partial charge is 0.493 e. The molecule has 2 aromatic heterocycles. The zero-order chi connectivity index (χ0) is 22.8. The van der Waals surface area contributed by atoms with Gasteiger partial charge in [-0.25, -0.2) is 0 Å². The van der Waals surface area contributed by atoms with Crippen molar-refractivity contribution in [1.29, 1.82) is 0 Å². The Morgan fingerprint density at radius 2 is 2.03 bits per heavy atom. The van der Waals surface area contributed by atoms with Crippen LogP contribution >= 0.6 is 11.6 Å². The van der Waals surface area contributed by atoms with Gasteiger partial charge in [0.05, 0.1) is 12.6 Å². The standard InChI is InChI=1S/C26H26ClN3O3/c1-32-22-9-4-6-16-14-23(33-25(16)22)26(31)29-13-5-12-28-24-18-7-2-3-8-20(18)30-21-15-17(27)10-11-19(21)24/h4,6,9-11,14-15H,2-3,5,7-8,12-13H2,1H3,(H,28,30)(H,29,31). The van der Waals surface area contributed by atoms with Gasteiger partial charge in [0.15, 0.2) is 17.1 Å². The van der Waals surface area contributed by atoms with Crippen LogP contribution in [0.5, 0.6) is 5.75 Å². The van der Waals surface area contributed by atoms with E-state index in [1.807, 2.05) is 36.4 Å². The van der Waals surface area contributed by atoms with Gasteiger partial charge in [0.2, 0.25) is 0 Å². The van der Waals surface area contributed by atoms with Crippen molar-refractivity contribution in [3.8, 4) is 5.75 Å². The van der Waals surface area contributed by atoms with Crippen LogP contribution in [0.2, 0.25) is 5.02 Å². The Balaban J connectivity index is 1.23. The number of nitrogens with one attached hydrogen (secondary N) is 2. The van der Waals surface area contributed by atoms with Gasteiger partial charge in [0, 0.05) is 40.3 Å². The van der Waals surface area contributed by atoms with Gasteiger partial charge in [-0.05, 0) is 68.0 Å². The Bertz CT molecular complexity index is 1330. The number of aryl methyl sites for hydroxylation is 1. The van der Waals surface area contributed by atoms with Crippen LogP contribution in [0.15, 0.2) is 46.9 Å². The van der Waals surface area contributed by atoms with Crippen molar-refractivity contribution in [3.63, 3.8) is 0 Å². The number of carbonyl (C=O) groups is 1. The molecule has 0 atom stereocenters. The molecular formula is C26H26ClN3O3.